The fourth-order valence-corrected chi connectivity index (χ4v) is 1.66. The summed E-state index contributed by atoms with van der Waals surface area (Å²) in [5.74, 6) is 0. The van der Waals surface area contributed by atoms with Crippen LogP contribution in [0, 0.1) is 6.92 Å². The van der Waals surface area contributed by atoms with Crippen molar-refractivity contribution in [3.05, 3.63) is 35.4 Å². The molecule has 0 fully saturated rings. The lowest BCUT2D eigenvalue weighted by molar-refractivity contribution is 0.234. The van der Waals surface area contributed by atoms with Crippen molar-refractivity contribution in [3.8, 4) is 0 Å². The lowest BCUT2D eigenvalue weighted by Crippen LogP contribution is -2.39. The molecule has 1 unspecified atom stereocenters. The predicted octanol–water partition coefficient (Wildman–Crippen LogP) is 2.92. The molecule has 1 aromatic rings. The first-order chi connectivity index (χ1) is 8.11. The fraction of sp³-hybridized carbons (Fsp3) is 0.600. The second kappa shape index (κ2) is 9.20. The molecule has 0 saturated heterocycles. The second-order valence-corrected chi connectivity index (χ2v) is 4.39. The van der Waals surface area contributed by atoms with E-state index in [0.29, 0.717) is 6.04 Å². The van der Waals surface area contributed by atoms with Crippen LogP contribution in [0.25, 0.3) is 0 Å². The molecule has 0 aliphatic rings. The monoisotopic (exact) mass is 237 g/mol. The molecule has 17 heavy (non-hydrogen) atoms. The van der Waals surface area contributed by atoms with E-state index in [0.717, 1.165) is 6.42 Å². The van der Waals surface area contributed by atoms with E-state index in [1.165, 1.54) is 11.1 Å². The van der Waals surface area contributed by atoms with Crippen molar-refractivity contribution < 1.29 is 5.11 Å². The van der Waals surface area contributed by atoms with Gasteiger partial charge in [0.15, 0.2) is 0 Å². The quantitative estimate of drug-likeness (QED) is 0.825. The zero-order valence-electron chi connectivity index (χ0n) is 11.8. The highest BCUT2D eigenvalue weighted by Crippen LogP contribution is 2.06. The maximum Gasteiger partial charge on any atom is 0.0587 e. The molecular weight excluding hydrogens is 210 g/mol. The molecule has 1 aromatic carbocycles. The van der Waals surface area contributed by atoms with Crippen molar-refractivity contribution >= 4 is 0 Å². The normalized spacial score (nSPS) is 11.9. The number of rotatable bonds is 5. The summed E-state index contributed by atoms with van der Waals surface area (Å²) in [6, 6.07) is 9.04. The highest BCUT2D eigenvalue weighted by molar-refractivity contribution is 5.22. The maximum absolute atomic E-state index is 9.23. The number of hydrogen-bond acceptors (Lipinski definition) is 2. The summed E-state index contributed by atoms with van der Waals surface area (Å²) in [6.45, 7) is 10.5. The van der Waals surface area contributed by atoms with E-state index in [2.05, 4.69) is 50.4 Å². The molecule has 1 rings (SSSR count). The van der Waals surface area contributed by atoms with Gasteiger partial charge in [0.1, 0.15) is 0 Å². The van der Waals surface area contributed by atoms with Gasteiger partial charge in [0.25, 0.3) is 0 Å². The van der Waals surface area contributed by atoms with Crippen LogP contribution in [0.4, 0.5) is 0 Å². The molecule has 0 spiro atoms. The van der Waals surface area contributed by atoms with E-state index in [9.17, 15) is 5.11 Å². The first kappa shape index (κ1) is 16.1. The molecule has 0 radical (unpaired) electrons. The summed E-state index contributed by atoms with van der Waals surface area (Å²) in [6.07, 6.45) is 0.884. The standard InChI is InChI=1S/C13H21NO.C2H6/c1-10(2)14-13(9-15)8-12-6-4-11(3)5-7-12;1-2/h4-7,10,13-15H,8-9H2,1-3H3;1-2H3. The van der Waals surface area contributed by atoms with Gasteiger partial charge in [-0.3, -0.25) is 0 Å². The summed E-state index contributed by atoms with van der Waals surface area (Å²) in [4.78, 5) is 0. The van der Waals surface area contributed by atoms with Gasteiger partial charge in [-0.25, -0.2) is 0 Å². The summed E-state index contributed by atoms with van der Waals surface area (Å²) in [7, 11) is 0. The number of hydrogen-bond donors (Lipinski definition) is 2. The summed E-state index contributed by atoms with van der Waals surface area (Å²) in [5.41, 5.74) is 2.55. The SMILES string of the molecule is CC.Cc1ccc(CC(CO)NC(C)C)cc1. The lowest BCUT2D eigenvalue weighted by Gasteiger charge is -2.19. The van der Waals surface area contributed by atoms with Crippen molar-refractivity contribution in [3.63, 3.8) is 0 Å². The van der Waals surface area contributed by atoms with Crippen LogP contribution in [-0.4, -0.2) is 23.8 Å². The van der Waals surface area contributed by atoms with E-state index in [-0.39, 0.29) is 12.6 Å². The number of nitrogens with one attached hydrogen (secondary N) is 1. The number of aryl methyl sites for hydroxylation is 1. The largest absolute Gasteiger partial charge is 0.395 e. The smallest absolute Gasteiger partial charge is 0.0587 e. The Morgan fingerprint density at radius 3 is 2.06 bits per heavy atom. The Morgan fingerprint density at radius 1 is 1.12 bits per heavy atom. The molecule has 98 valence electrons. The lowest BCUT2D eigenvalue weighted by atomic mass is 10.0. The minimum atomic E-state index is 0.160. The molecule has 2 heteroatoms. The van der Waals surface area contributed by atoms with Gasteiger partial charge in [0.2, 0.25) is 0 Å². The Bertz CT molecular complexity index is 279. The fourth-order valence-electron chi connectivity index (χ4n) is 1.66. The van der Waals surface area contributed by atoms with E-state index in [4.69, 9.17) is 0 Å². The zero-order chi connectivity index (χ0) is 13.3. The molecule has 0 aliphatic carbocycles. The molecule has 2 N–H and O–H groups in total. The van der Waals surface area contributed by atoms with Crippen LogP contribution in [0.2, 0.25) is 0 Å². The van der Waals surface area contributed by atoms with E-state index < -0.39 is 0 Å². The van der Waals surface area contributed by atoms with Gasteiger partial charge >= 0.3 is 0 Å². The van der Waals surface area contributed by atoms with Crippen LogP contribution >= 0.6 is 0 Å². The molecule has 2 nitrogen and oxygen atoms in total. The van der Waals surface area contributed by atoms with Crippen LogP contribution < -0.4 is 5.32 Å². The van der Waals surface area contributed by atoms with Crippen molar-refractivity contribution in [2.24, 2.45) is 0 Å². The third-order valence-electron chi connectivity index (χ3n) is 2.39. The Morgan fingerprint density at radius 2 is 1.65 bits per heavy atom. The highest BCUT2D eigenvalue weighted by atomic mass is 16.3. The topological polar surface area (TPSA) is 32.3 Å². The molecule has 0 amide bonds. The third-order valence-corrected chi connectivity index (χ3v) is 2.39. The van der Waals surface area contributed by atoms with E-state index in [1.807, 2.05) is 13.8 Å². The minimum Gasteiger partial charge on any atom is -0.395 e. The summed E-state index contributed by atoms with van der Waals surface area (Å²) >= 11 is 0. The van der Waals surface area contributed by atoms with Gasteiger partial charge in [0, 0.05) is 12.1 Å². The molecular formula is C15H27NO. The van der Waals surface area contributed by atoms with Gasteiger partial charge in [-0.2, -0.15) is 0 Å². The Balaban J connectivity index is 0.00000121. The van der Waals surface area contributed by atoms with E-state index in [1.54, 1.807) is 0 Å². The van der Waals surface area contributed by atoms with Crippen LogP contribution in [0.15, 0.2) is 24.3 Å². The summed E-state index contributed by atoms with van der Waals surface area (Å²) in [5, 5.41) is 12.6. The van der Waals surface area contributed by atoms with Gasteiger partial charge < -0.3 is 10.4 Å². The number of aliphatic hydroxyl groups is 1. The number of benzene rings is 1. The van der Waals surface area contributed by atoms with Gasteiger partial charge in [-0.15, -0.1) is 0 Å². The summed E-state index contributed by atoms with van der Waals surface area (Å²) < 4.78 is 0. The van der Waals surface area contributed by atoms with Crippen LogP contribution in [0.5, 0.6) is 0 Å². The highest BCUT2D eigenvalue weighted by Gasteiger charge is 2.08. The van der Waals surface area contributed by atoms with Crippen molar-refractivity contribution in [1.82, 2.24) is 5.32 Å². The molecule has 0 saturated carbocycles. The second-order valence-electron chi connectivity index (χ2n) is 4.39. The molecule has 0 aliphatic heterocycles. The first-order valence-corrected chi connectivity index (χ1v) is 6.54. The van der Waals surface area contributed by atoms with Crippen LogP contribution in [0.1, 0.15) is 38.8 Å². The van der Waals surface area contributed by atoms with Crippen molar-refractivity contribution in [2.45, 2.75) is 53.1 Å². The van der Waals surface area contributed by atoms with Crippen molar-refractivity contribution in [1.29, 1.82) is 0 Å². The van der Waals surface area contributed by atoms with Gasteiger partial charge in [-0.1, -0.05) is 57.5 Å². The predicted molar refractivity (Wildman–Crippen MR) is 75.4 cm³/mol. The molecule has 1 atom stereocenters. The average Bonchev–Trinajstić information content (AvgIpc) is 2.33. The molecule has 0 aromatic heterocycles. The molecule has 0 bridgehead atoms. The Hall–Kier alpha value is -0.860. The molecule has 0 heterocycles. The Labute approximate surface area is 106 Å². The van der Waals surface area contributed by atoms with Crippen LogP contribution in [0.3, 0.4) is 0 Å². The third kappa shape index (κ3) is 7.14. The van der Waals surface area contributed by atoms with E-state index >= 15 is 0 Å². The number of aliphatic hydroxyl groups excluding tert-OH is 1. The van der Waals surface area contributed by atoms with Gasteiger partial charge in [-0.05, 0) is 18.9 Å². The maximum atomic E-state index is 9.23. The first-order valence-electron chi connectivity index (χ1n) is 6.54. The van der Waals surface area contributed by atoms with Gasteiger partial charge in [0.05, 0.1) is 6.61 Å². The van der Waals surface area contributed by atoms with Crippen LogP contribution in [-0.2, 0) is 6.42 Å². The average molecular weight is 237 g/mol. The zero-order valence-corrected chi connectivity index (χ0v) is 11.8. The minimum absolute atomic E-state index is 0.160. The van der Waals surface area contributed by atoms with Crippen molar-refractivity contribution in [2.75, 3.05) is 6.61 Å². The Kier molecular flexibility index (Phi) is 8.73.